The number of aromatic nitrogens is 1. The molecule has 3 nitrogen and oxygen atoms in total. The summed E-state index contributed by atoms with van der Waals surface area (Å²) in [7, 11) is 0. The molecule has 2 rings (SSSR count). The van der Waals surface area contributed by atoms with Crippen molar-refractivity contribution in [2.24, 2.45) is 4.99 Å². The van der Waals surface area contributed by atoms with Crippen LogP contribution < -0.4 is 4.74 Å². The van der Waals surface area contributed by atoms with Crippen molar-refractivity contribution < 1.29 is 4.74 Å². The molecule has 0 amide bonds. The number of pyridine rings is 1. The third-order valence-electron chi connectivity index (χ3n) is 2.59. The number of nitrogens with zero attached hydrogens (tertiary/aromatic N) is 2. The average Bonchev–Trinajstić information content (AvgIpc) is 2.78. The van der Waals surface area contributed by atoms with Crippen molar-refractivity contribution in [1.29, 1.82) is 0 Å². The Balaban J connectivity index is 2.04. The molecule has 0 fully saturated rings. The van der Waals surface area contributed by atoms with Crippen LogP contribution in [0.4, 0.5) is 0 Å². The summed E-state index contributed by atoms with van der Waals surface area (Å²) in [5.74, 6) is 0.679. The zero-order valence-electron chi connectivity index (χ0n) is 10.6. The summed E-state index contributed by atoms with van der Waals surface area (Å²) in [6, 6.07) is 5.91. The van der Waals surface area contributed by atoms with Crippen LogP contribution in [0.2, 0.25) is 0 Å². The Kier molecular flexibility index (Phi) is 3.27. The lowest BCUT2D eigenvalue weighted by Crippen LogP contribution is -2.14. The van der Waals surface area contributed by atoms with E-state index in [-0.39, 0.29) is 5.41 Å². The minimum absolute atomic E-state index is 0.0491. The first-order chi connectivity index (χ1) is 8.05. The van der Waals surface area contributed by atoms with Gasteiger partial charge in [-0.3, -0.25) is 4.99 Å². The Morgan fingerprint density at radius 2 is 2.12 bits per heavy atom. The van der Waals surface area contributed by atoms with Crippen LogP contribution in [0.5, 0.6) is 5.88 Å². The molecule has 0 atom stereocenters. The molecule has 0 spiro atoms. The predicted molar refractivity (Wildman–Crippen MR) is 69.9 cm³/mol. The Morgan fingerprint density at radius 1 is 1.29 bits per heavy atom. The van der Waals surface area contributed by atoms with Crippen LogP contribution in [0.25, 0.3) is 0 Å². The molecule has 17 heavy (non-hydrogen) atoms. The standard InChI is InChI=1S/C14H18N2O/c1-14(2,3)12-5-4-6-13(16-12)17-10-11-7-8-15-9-11/h4-7,9H,8,10H2,1-3H3. The fourth-order valence-electron chi connectivity index (χ4n) is 1.56. The molecule has 0 aromatic carbocycles. The molecule has 0 bridgehead atoms. The largest absolute Gasteiger partial charge is 0.473 e. The minimum Gasteiger partial charge on any atom is -0.473 e. The highest BCUT2D eigenvalue weighted by atomic mass is 16.5. The maximum absolute atomic E-state index is 5.66. The van der Waals surface area contributed by atoms with Gasteiger partial charge in [-0.05, 0) is 6.07 Å². The normalized spacial score (nSPS) is 14.9. The summed E-state index contributed by atoms with van der Waals surface area (Å²) in [4.78, 5) is 8.63. The second kappa shape index (κ2) is 4.70. The van der Waals surface area contributed by atoms with Crippen molar-refractivity contribution in [3.05, 3.63) is 35.5 Å². The Bertz CT molecular complexity index is 456. The quantitative estimate of drug-likeness (QED) is 0.800. The van der Waals surface area contributed by atoms with E-state index in [2.05, 4.69) is 36.8 Å². The van der Waals surface area contributed by atoms with Gasteiger partial charge in [0, 0.05) is 29.0 Å². The molecule has 1 aliphatic rings. The summed E-state index contributed by atoms with van der Waals surface area (Å²) in [6.45, 7) is 7.75. The van der Waals surface area contributed by atoms with Gasteiger partial charge in [0.25, 0.3) is 0 Å². The van der Waals surface area contributed by atoms with Gasteiger partial charge in [0.05, 0.1) is 6.54 Å². The molecule has 2 heterocycles. The maximum Gasteiger partial charge on any atom is 0.213 e. The van der Waals surface area contributed by atoms with Crippen molar-refractivity contribution in [1.82, 2.24) is 4.98 Å². The van der Waals surface area contributed by atoms with Crippen LogP contribution in [-0.2, 0) is 5.41 Å². The van der Waals surface area contributed by atoms with E-state index in [1.54, 1.807) is 0 Å². The van der Waals surface area contributed by atoms with Gasteiger partial charge in [-0.25, -0.2) is 4.98 Å². The molecule has 0 radical (unpaired) electrons. The molecular weight excluding hydrogens is 212 g/mol. The molecule has 90 valence electrons. The number of hydrogen-bond donors (Lipinski definition) is 0. The zero-order chi connectivity index (χ0) is 12.3. The third-order valence-corrected chi connectivity index (χ3v) is 2.59. The SMILES string of the molecule is CC(C)(C)c1cccc(OCC2=CCN=C2)n1. The van der Waals surface area contributed by atoms with Gasteiger partial charge in [0.15, 0.2) is 0 Å². The van der Waals surface area contributed by atoms with Crippen LogP contribution in [-0.4, -0.2) is 24.4 Å². The van der Waals surface area contributed by atoms with E-state index in [9.17, 15) is 0 Å². The highest BCUT2D eigenvalue weighted by molar-refractivity contribution is 5.81. The van der Waals surface area contributed by atoms with Crippen molar-refractivity contribution in [3.8, 4) is 5.88 Å². The van der Waals surface area contributed by atoms with Gasteiger partial charge < -0.3 is 4.74 Å². The lowest BCUT2D eigenvalue weighted by Gasteiger charge is -2.18. The predicted octanol–water partition coefficient (Wildman–Crippen LogP) is 2.77. The molecule has 0 aliphatic carbocycles. The second-order valence-corrected chi connectivity index (χ2v) is 5.17. The summed E-state index contributed by atoms with van der Waals surface area (Å²) in [5.41, 5.74) is 2.21. The van der Waals surface area contributed by atoms with Gasteiger partial charge in [-0.1, -0.05) is 32.9 Å². The summed E-state index contributed by atoms with van der Waals surface area (Å²) < 4.78 is 5.66. The maximum atomic E-state index is 5.66. The average molecular weight is 230 g/mol. The fourth-order valence-corrected chi connectivity index (χ4v) is 1.56. The van der Waals surface area contributed by atoms with Crippen LogP contribution in [0, 0.1) is 0 Å². The van der Waals surface area contributed by atoms with E-state index in [0.29, 0.717) is 12.5 Å². The van der Waals surface area contributed by atoms with E-state index < -0.39 is 0 Å². The van der Waals surface area contributed by atoms with E-state index in [4.69, 9.17) is 4.74 Å². The molecule has 1 aromatic heterocycles. The van der Waals surface area contributed by atoms with Gasteiger partial charge in [0.1, 0.15) is 6.61 Å². The van der Waals surface area contributed by atoms with E-state index >= 15 is 0 Å². The van der Waals surface area contributed by atoms with Crippen molar-refractivity contribution in [3.63, 3.8) is 0 Å². The fraction of sp³-hybridized carbons (Fsp3) is 0.429. The number of rotatable bonds is 3. The van der Waals surface area contributed by atoms with Crippen molar-refractivity contribution in [2.75, 3.05) is 13.2 Å². The van der Waals surface area contributed by atoms with Crippen LogP contribution in [0.1, 0.15) is 26.5 Å². The van der Waals surface area contributed by atoms with Gasteiger partial charge in [-0.2, -0.15) is 0 Å². The van der Waals surface area contributed by atoms with Crippen LogP contribution >= 0.6 is 0 Å². The molecule has 0 saturated heterocycles. The highest BCUT2D eigenvalue weighted by Crippen LogP contribution is 2.22. The van der Waals surface area contributed by atoms with E-state index in [0.717, 1.165) is 17.8 Å². The minimum atomic E-state index is 0.0491. The van der Waals surface area contributed by atoms with Crippen LogP contribution in [0.15, 0.2) is 34.8 Å². The topological polar surface area (TPSA) is 34.5 Å². The second-order valence-electron chi connectivity index (χ2n) is 5.17. The smallest absolute Gasteiger partial charge is 0.213 e. The highest BCUT2D eigenvalue weighted by Gasteiger charge is 2.15. The number of hydrogen-bond acceptors (Lipinski definition) is 3. The molecular formula is C14H18N2O. The third kappa shape index (κ3) is 3.16. The lowest BCUT2D eigenvalue weighted by atomic mass is 9.92. The summed E-state index contributed by atoms with van der Waals surface area (Å²) in [5, 5.41) is 0. The van der Waals surface area contributed by atoms with Crippen molar-refractivity contribution in [2.45, 2.75) is 26.2 Å². The molecule has 0 N–H and O–H groups in total. The molecule has 0 unspecified atom stereocenters. The first-order valence-electron chi connectivity index (χ1n) is 5.85. The summed E-state index contributed by atoms with van der Waals surface area (Å²) in [6.07, 6.45) is 3.92. The lowest BCUT2D eigenvalue weighted by molar-refractivity contribution is 0.340. The molecule has 1 aliphatic heterocycles. The molecule has 0 saturated carbocycles. The Hall–Kier alpha value is -1.64. The van der Waals surface area contributed by atoms with E-state index in [1.165, 1.54) is 0 Å². The Labute approximate surface area is 102 Å². The van der Waals surface area contributed by atoms with Crippen LogP contribution in [0.3, 0.4) is 0 Å². The first-order valence-corrected chi connectivity index (χ1v) is 5.85. The molecule has 1 aromatic rings. The summed E-state index contributed by atoms with van der Waals surface area (Å²) >= 11 is 0. The van der Waals surface area contributed by atoms with Gasteiger partial charge in [0.2, 0.25) is 5.88 Å². The number of aliphatic imine (C=N–C) groups is 1. The zero-order valence-corrected chi connectivity index (χ0v) is 10.6. The first kappa shape index (κ1) is 11.8. The number of ether oxygens (including phenoxy) is 1. The Morgan fingerprint density at radius 3 is 2.76 bits per heavy atom. The van der Waals surface area contributed by atoms with Gasteiger partial charge >= 0.3 is 0 Å². The van der Waals surface area contributed by atoms with Crippen molar-refractivity contribution >= 4 is 6.21 Å². The van der Waals surface area contributed by atoms with E-state index in [1.807, 2.05) is 24.4 Å². The molecule has 3 heteroatoms. The van der Waals surface area contributed by atoms with Gasteiger partial charge in [-0.15, -0.1) is 0 Å². The monoisotopic (exact) mass is 230 g/mol.